The van der Waals surface area contributed by atoms with Crippen molar-refractivity contribution in [3.05, 3.63) is 66.1 Å². The van der Waals surface area contributed by atoms with E-state index in [2.05, 4.69) is 10.3 Å². The predicted molar refractivity (Wildman–Crippen MR) is 108 cm³/mol. The van der Waals surface area contributed by atoms with Crippen LogP contribution in [0, 0.1) is 0 Å². The summed E-state index contributed by atoms with van der Waals surface area (Å²) in [5.74, 6) is -0.828. The van der Waals surface area contributed by atoms with Crippen molar-refractivity contribution in [3.8, 4) is 0 Å². The largest absolute Gasteiger partial charge is 0.454 e. The number of amides is 1. The molecule has 0 aliphatic heterocycles. The van der Waals surface area contributed by atoms with Gasteiger partial charge in [0, 0.05) is 29.8 Å². The Morgan fingerprint density at radius 3 is 2.59 bits per heavy atom. The summed E-state index contributed by atoms with van der Waals surface area (Å²) in [6.07, 6.45) is 3.74. The molecule has 7 heteroatoms. The van der Waals surface area contributed by atoms with Crippen LogP contribution in [0.4, 0.5) is 5.69 Å². The monoisotopic (exact) mass is 392 g/mol. The summed E-state index contributed by atoms with van der Waals surface area (Å²) in [5.41, 5.74) is 2.29. The third-order valence-electron chi connectivity index (χ3n) is 3.99. The standard InChI is InChI=1S/C22H20N2O5/c1-2-5-20(26)23-16-10-8-15(9-11-16)18(25)14-28-22(27)13-12-21-24-17-6-3-4-7-19(17)29-21/h3-4,6-13H,2,5,14H2,1H3,(H,23,26)/b13-12+. The van der Waals surface area contributed by atoms with Gasteiger partial charge in [-0.05, 0) is 42.8 Å². The second kappa shape index (κ2) is 9.45. The summed E-state index contributed by atoms with van der Waals surface area (Å²) in [6.45, 7) is 1.53. The Kier molecular flexibility index (Phi) is 6.52. The van der Waals surface area contributed by atoms with Crippen molar-refractivity contribution in [2.24, 2.45) is 0 Å². The average Bonchev–Trinajstić information content (AvgIpc) is 3.14. The maximum absolute atomic E-state index is 12.2. The van der Waals surface area contributed by atoms with Crippen molar-refractivity contribution in [1.29, 1.82) is 0 Å². The number of carbonyl (C=O) groups is 3. The van der Waals surface area contributed by atoms with Crippen molar-refractivity contribution < 1.29 is 23.5 Å². The molecule has 1 heterocycles. The average molecular weight is 392 g/mol. The highest BCUT2D eigenvalue weighted by atomic mass is 16.5. The normalized spacial score (nSPS) is 10.9. The predicted octanol–water partition coefficient (Wildman–Crippen LogP) is 4.01. The van der Waals surface area contributed by atoms with Crippen LogP contribution < -0.4 is 5.32 Å². The van der Waals surface area contributed by atoms with Crippen molar-refractivity contribution in [2.45, 2.75) is 19.8 Å². The molecule has 0 aliphatic carbocycles. The number of hydrogen-bond acceptors (Lipinski definition) is 6. The zero-order valence-electron chi connectivity index (χ0n) is 15.9. The fourth-order valence-corrected chi connectivity index (χ4v) is 2.56. The molecule has 29 heavy (non-hydrogen) atoms. The van der Waals surface area contributed by atoms with Crippen LogP contribution in [0.5, 0.6) is 0 Å². The molecule has 0 saturated heterocycles. The van der Waals surface area contributed by atoms with Crippen molar-refractivity contribution in [3.63, 3.8) is 0 Å². The molecule has 0 unspecified atom stereocenters. The molecule has 7 nitrogen and oxygen atoms in total. The van der Waals surface area contributed by atoms with E-state index in [1.165, 1.54) is 6.08 Å². The van der Waals surface area contributed by atoms with E-state index in [1.54, 1.807) is 36.4 Å². The summed E-state index contributed by atoms with van der Waals surface area (Å²) in [7, 11) is 0. The van der Waals surface area contributed by atoms with Crippen LogP contribution in [-0.2, 0) is 14.3 Å². The molecule has 1 N–H and O–H groups in total. The van der Waals surface area contributed by atoms with E-state index in [0.29, 0.717) is 28.8 Å². The summed E-state index contributed by atoms with van der Waals surface area (Å²) in [4.78, 5) is 39.8. The van der Waals surface area contributed by atoms with Crippen LogP contribution in [-0.4, -0.2) is 29.3 Å². The number of anilines is 1. The number of nitrogens with zero attached hydrogens (tertiary/aromatic N) is 1. The molecule has 0 radical (unpaired) electrons. The fourth-order valence-electron chi connectivity index (χ4n) is 2.56. The van der Waals surface area contributed by atoms with Crippen molar-refractivity contribution in [1.82, 2.24) is 4.98 Å². The summed E-state index contributed by atoms with van der Waals surface area (Å²) < 4.78 is 10.4. The van der Waals surface area contributed by atoms with E-state index in [4.69, 9.17) is 9.15 Å². The first-order chi connectivity index (χ1) is 14.0. The number of nitrogens with one attached hydrogen (secondary N) is 1. The number of benzene rings is 2. The number of oxazole rings is 1. The lowest BCUT2D eigenvalue weighted by Crippen LogP contribution is -2.13. The van der Waals surface area contributed by atoms with Crippen LogP contribution in [0.25, 0.3) is 17.2 Å². The smallest absolute Gasteiger partial charge is 0.331 e. The first-order valence-electron chi connectivity index (χ1n) is 9.18. The van der Waals surface area contributed by atoms with Crippen LogP contribution in [0.15, 0.2) is 59.0 Å². The molecule has 0 fully saturated rings. The second-order valence-corrected chi connectivity index (χ2v) is 6.26. The zero-order valence-corrected chi connectivity index (χ0v) is 15.9. The molecule has 3 rings (SSSR count). The fraction of sp³-hybridized carbons (Fsp3) is 0.182. The Morgan fingerprint density at radius 2 is 1.86 bits per heavy atom. The van der Waals surface area contributed by atoms with Gasteiger partial charge in [-0.3, -0.25) is 9.59 Å². The summed E-state index contributed by atoms with van der Waals surface area (Å²) in [5, 5.41) is 2.74. The SMILES string of the molecule is CCCC(=O)Nc1ccc(C(=O)COC(=O)/C=C/c2nc3ccccc3o2)cc1. The lowest BCUT2D eigenvalue weighted by molar-refractivity contribution is -0.136. The maximum atomic E-state index is 12.2. The van der Waals surface area contributed by atoms with E-state index in [-0.39, 0.29) is 17.6 Å². The Labute approximate surface area is 167 Å². The molecular formula is C22H20N2O5. The Hall–Kier alpha value is -3.74. The number of fused-ring (bicyclic) bond motifs is 1. The molecule has 0 atom stereocenters. The van der Waals surface area contributed by atoms with Gasteiger partial charge in [0.15, 0.2) is 18.0 Å². The molecule has 0 bridgehead atoms. The second-order valence-electron chi connectivity index (χ2n) is 6.26. The minimum Gasteiger partial charge on any atom is -0.454 e. The minimum atomic E-state index is -0.677. The van der Waals surface area contributed by atoms with Gasteiger partial charge in [0.1, 0.15) is 5.52 Å². The van der Waals surface area contributed by atoms with Crippen LogP contribution >= 0.6 is 0 Å². The maximum Gasteiger partial charge on any atom is 0.331 e. The quantitative estimate of drug-likeness (QED) is 0.353. The topological polar surface area (TPSA) is 98.5 Å². The number of para-hydroxylation sites is 2. The number of ketones is 1. The van der Waals surface area contributed by atoms with Gasteiger partial charge in [-0.15, -0.1) is 0 Å². The van der Waals surface area contributed by atoms with E-state index >= 15 is 0 Å². The van der Waals surface area contributed by atoms with Crippen LogP contribution in [0.3, 0.4) is 0 Å². The molecule has 0 saturated carbocycles. The van der Waals surface area contributed by atoms with Gasteiger partial charge in [0.25, 0.3) is 0 Å². The van der Waals surface area contributed by atoms with E-state index < -0.39 is 12.6 Å². The number of aromatic nitrogens is 1. The summed E-state index contributed by atoms with van der Waals surface area (Å²) in [6, 6.07) is 13.7. The first-order valence-corrected chi connectivity index (χ1v) is 9.18. The number of carbonyl (C=O) groups excluding carboxylic acids is 3. The molecule has 2 aromatic carbocycles. The van der Waals surface area contributed by atoms with Gasteiger partial charge >= 0.3 is 5.97 Å². The number of Topliss-reactive ketones (excluding diaryl/α,β-unsaturated/α-hetero) is 1. The first kappa shape index (κ1) is 20.0. The van der Waals surface area contributed by atoms with E-state index in [0.717, 1.165) is 12.5 Å². The van der Waals surface area contributed by atoms with Gasteiger partial charge in [0.2, 0.25) is 11.8 Å². The number of ether oxygens (including phenoxy) is 1. The number of hydrogen-bond donors (Lipinski definition) is 1. The number of esters is 1. The Bertz CT molecular complexity index is 1020. The molecule has 1 amide bonds. The Morgan fingerprint density at radius 1 is 1.10 bits per heavy atom. The van der Waals surface area contributed by atoms with Crippen LogP contribution in [0.2, 0.25) is 0 Å². The van der Waals surface area contributed by atoms with E-state index in [9.17, 15) is 14.4 Å². The Balaban J connectivity index is 1.50. The van der Waals surface area contributed by atoms with Crippen molar-refractivity contribution >= 4 is 40.5 Å². The van der Waals surface area contributed by atoms with Gasteiger partial charge in [-0.2, -0.15) is 0 Å². The zero-order chi connectivity index (χ0) is 20.6. The minimum absolute atomic E-state index is 0.0776. The lowest BCUT2D eigenvalue weighted by Gasteiger charge is -2.06. The highest BCUT2D eigenvalue weighted by Crippen LogP contribution is 2.15. The van der Waals surface area contributed by atoms with Crippen molar-refractivity contribution in [2.75, 3.05) is 11.9 Å². The number of rotatable bonds is 8. The van der Waals surface area contributed by atoms with Gasteiger partial charge in [-0.1, -0.05) is 19.1 Å². The van der Waals surface area contributed by atoms with Gasteiger partial charge < -0.3 is 14.5 Å². The van der Waals surface area contributed by atoms with E-state index in [1.807, 2.05) is 19.1 Å². The third-order valence-corrected chi connectivity index (χ3v) is 3.99. The third kappa shape index (κ3) is 5.62. The van der Waals surface area contributed by atoms with Crippen LogP contribution in [0.1, 0.15) is 36.0 Å². The molecular weight excluding hydrogens is 372 g/mol. The highest BCUT2D eigenvalue weighted by molar-refractivity contribution is 5.99. The highest BCUT2D eigenvalue weighted by Gasteiger charge is 2.10. The van der Waals surface area contributed by atoms with Gasteiger partial charge in [-0.25, -0.2) is 9.78 Å². The molecule has 3 aromatic rings. The summed E-state index contributed by atoms with van der Waals surface area (Å²) >= 11 is 0. The molecule has 148 valence electrons. The van der Waals surface area contributed by atoms with Gasteiger partial charge in [0.05, 0.1) is 0 Å². The molecule has 1 aromatic heterocycles. The molecule has 0 spiro atoms. The lowest BCUT2D eigenvalue weighted by atomic mass is 10.1. The molecule has 0 aliphatic rings.